The van der Waals surface area contributed by atoms with Crippen molar-refractivity contribution in [2.24, 2.45) is 0 Å². The second-order valence-electron chi connectivity index (χ2n) is 5.52. The number of carbonyl (C=O) groups excluding carboxylic acids is 1. The van der Waals surface area contributed by atoms with Crippen LogP contribution in [0.5, 0.6) is 0 Å². The average molecular weight is 293 g/mol. The van der Waals surface area contributed by atoms with Gasteiger partial charge in [0.2, 0.25) is 5.91 Å². The Morgan fingerprint density at radius 2 is 1.95 bits per heavy atom. The van der Waals surface area contributed by atoms with Crippen LogP contribution in [0.25, 0.3) is 10.9 Å². The Morgan fingerprint density at radius 1 is 1.18 bits per heavy atom. The van der Waals surface area contributed by atoms with Crippen LogP contribution in [0, 0.1) is 6.92 Å². The number of rotatable bonds is 4. The third kappa shape index (κ3) is 2.86. The van der Waals surface area contributed by atoms with E-state index in [9.17, 15) is 4.79 Å². The van der Waals surface area contributed by atoms with Crippen LogP contribution in [0.1, 0.15) is 17.0 Å². The van der Waals surface area contributed by atoms with Crippen LogP contribution in [0.2, 0.25) is 0 Å². The minimum absolute atomic E-state index is 0.0664. The number of pyridine rings is 1. The lowest BCUT2D eigenvalue weighted by atomic mass is 10.1. The molecule has 0 saturated heterocycles. The number of hydrogen-bond acceptors (Lipinski definition) is 2. The van der Waals surface area contributed by atoms with Gasteiger partial charge in [-0.1, -0.05) is 24.3 Å². The van der Waals surface area contributed by atoms with Crippen LogP contribution in [-0.4, -0.2) is 27.8 Å². The fourth-order valence-electron chi connectivity index (χ4n) is 2.61. The highest BCUT2D eigenvalue weighted by atomic mass is 16.2. The number of nitrogens with zero attached hydrogens (tertiary/aromatic N) is 2. The largest absolute Gasteiger partial charge is 0.357 e. The Kier molecular flexibility index (Phi) is 3.92. The Labute approximate surface area is 129 Å². The van der Waals surface area contributed by atoms with Gasteiger partial charge < -0.3 is 9.88 Å². The molecule has 3 aromatic rings. The van der Waals surface area contributed by atoms with Crippen molar-refractivity contribution in [1.29, 1.82) is 0 Å². The minimum atomic E-state index is 0.0664. The lowest BCUT2D eigenvalue weighted by Crippen LogP contribution is -2.28. The molecule has 0 aliphatic rings. The Morgan fingerprint density at radius 3 is 2.68 bits per heavy atom. The molecule has 4 heteroatoms. The van der Waals surface area contributed by atoms with Gasteiger partial charge in [0.05, 0.1) is 13.0 Å². The molecule has 0 aliphatic carbocycles. The summed E-state index contributed by atoms with van der Waals surface area (Å²) in [5, 5.41) is 1.21. The van der Waals surface area contributed by atoms with Crippen molar-refractivity contribution >= 4 is 16.8 Å². The second-order valence-corrected chi connectivity index (χ2v) is 5.52. The van der Waals surface area contributed by atoms with Crippen molar-refractivity contribution in [2.75, 3.05) is 7.05 Å². The van der Waals surface area contributed by atoms with Gasteiger partial charge in [-0.3, -0.25) is 9.78 Å². The number of aromatic nitrogens is 2. The molecule has 1 N–H and O–H groups in total. The van der Waals surface area contributed by atoms with Gasteiger partial charge in [-0.15, -0.1) is 0 Å². The molecule has 4 nitrogen and oxygen atoms in total. The number of likely N-dealkylation sites (N-methyl/N-ethyl adjacent to an activating group) is 1. The molecule has 0 unspecified atom stereocenters. The van der Waals surface area contributed by atoms with Crippen LogP contribution in [0.3, 0.4) is 0 Å². The van der Waals surface area contributed by atoms with Crippen LogP contribution >= 0.6 is 0 Å². The molecule has 0 radical (unpaired) electrons. The zero-order valence-corrected chi connectivity index (χ0v) is 12.8. The number of fused-ring (bicyclic) bond motifs is 1. The SMILES string of the molecule is Cc1c(CN(C)C(=O)Cc2ccccn2)[nH]c2ccccc12. The topological polar surface area (TPSA) is 49.0 Å². The van der Waals surface area contributed by atoms with E-state index in [1.54, 1.807) is 11.1 Å². The molecule has 2 heterocycles. The number of aryl methyl sites for hydroxylation is 1. The molecule has 0 spiro atoms. The fraction of sp³-hybridized carbons (Fsp3) is 0.222. The molecule has 0 aliphatic heterocycles. The standard InChI is InChI=1S/C18H19N3O/c1-13-15-8-3-4-9-16(15)20-17(13)12-21(2)18(22)11-14-7-5-6-10-19-14/h3-10,20H,11-12H2,1-2H3. The zero-order valence-electron chi connectivity index (χ0n) is 12.8. The maximum absolute atomic E-state index is 12.3. The molecule has 2 aromatic heterocycles. The summed E-state index contributed by atoms with van der Waals surface area (Å²) in [5.41, 5.74) is 4.19. The van der Waals surface area contributed by atoms with Gasteiger partial charge in [0.1, 0.15) is 0 Å². The Balaban J connectivity index is 1.74. The van der Waals surface area contributed by atoms with Gasteiger partial charge in [-0.2, -0.15) is 0 Å². The van der Waals surface area contributed by atoms with E-state index in [1.807, 2.05) is 37.4 Å². The van der Waals surface area contributed by atoms with Gasteiger partial charge >= 0.3 is 0 Å². The number of aromatic amines is 1. The lowest BCUT2D eigenvalue weighted by molar-refractivity contribution is -0.129. The summed E-state index contributed by atoms with van der Waals surface area (Å²) in [4.78, 5) is 21.7. The molecule has 1 aromatic carbocycles. The van der Waals surface area contributed by atoms with E-state index in [4.69, 9.17) is 0 Å². The first-order valence-corrected chi connectivity index (χ1v) is 7.35. The van der Waals surface area contributed by atoms with Crippen molar-refractivity contribution in [2.45, 2.75) is 19.9 Å². The number of benzene rings is 1. The Bertz CT molecular complexity index is 792. The number of hydrogen-bond donors (Lipinski definition) is 1. The van der Waals surface area contributed by atoms with E-state index in [-0.39, 0.29) is 5.91 Å². The third-order valence-corrected chi connectivity index (χ3v) is 3.95. The third-order valence-electron chi connectivity index (χ3n) is 3.95. The minimum Gasteiger partial charge on any atom is -0.357 e. The summed E-state index contributed by atoms with van der Waals surface area (Å²) < 4.78 is 0. The predicted octanol–water partition coefficient (Wildman–Crippen LogP) is 3.07. The molecular formula is C18H19N3O. The average Bonchev–Trinajstić information content (AvgIpc) is 2.85. The van der Waals surface area contributed by atoms with Gasteiger partial charge in [0.15, 0.2) is 0 Å². The fourth-order valence-corrected chi connectivity index (χ4v) is 2.61. The number of nitrogens with one attached hydrogen (secondary N) is 1. The first-order valence-electron chi connectivity index (χ1n) is 7.35. The molecule has 0 fully saturated rings. The van der Waals surface area contributed by atoms with Crippen LogP contribution in [0.4, 0.5) is 0 Å². The van der Waals surface area contributed by atoms with Crippen molar-refractivity contribution in [3.05, 3.63) is 65.6 Å². The second kappa shape index (κ2) is 6.02. The molecule has 3 rings (SSSR count). The van der Waals surface area contributed by atoms with Crippen molar-refractivity contribution < 1.29 is 4.79 Å². The normalized spacial score (nSPS) is 10.8. The van der Waals surface area contributed by atoms with Crippen LogP contribution < -0.4 is 0 Å². The maximum atomic E-state index is 12.3. The smallest absolute Gasteiger partial charge is 0.228 e. The van der Waals surface area contributed by atoms with Crippen LogP contribution in [0.15, 0.2) is 48.7 Å². The van der Waals surface area contributed by atoms with Crippen molar-refractivity contribution in [3.8, 4) is 0 Å². The summed E-state index contributed by atoms with van der Waals surface area (Å²) in [6.45, 7) is 2.66. The highest BCUT2D eigenvalue weighted by Gasteiger charge is 2.14. The van der Waals surface area contributed by atoms with E-state index in [2.05, 4.69) is 29.0 Å². The van der Waals surface area contributed by atoms with Gasteiger partial charge in [0, 0.05) is 35.5 Å². The number of H-pyrrole nitrogens is 1. The summed E-state index contributed by atoms with van der Waals surface area (Å²) in [7, 11) is 1.83. The molecule has 0 atom stereocenters. The highest BCUT2D eigenvalue weighted by Crippen LogP contribution is 2.22. The quantitative estimate of drug-likeness (QED) is 0.803. The van der Waals surface area contributed by atoms with E-state index in [1.165, 1.54) is 10.9 Å². The maximum Gasteiger partial charge on any atom is 0.228 e. The van der Waals surface area contributed by atoms with E-state index >= 15 is 0 Å². The Hall–Kier alpha value is -2.62. The summed E-state index contributed by atoms with van der Waals surface area (Å²) >= 11 is 0. The molecule has 22 heavy (non-hydrogen) atoms. The first kappa shape index (κ1) is 14.3. The molecular weight excluding hydrogens is 274 g/mol. The molecule has 0 saturated carbocycles. The van der Waals surface area contributed by atoms with Crippen molar-refractivity contribution in [3.63, 3.8) is 0 Å². The van der Waals surface area contributed by atoms with Gasteiger partial charge in [-0.05, 0) is 30.7 Å². The summed E-state index contributed by atoms with van der Waals surface area (Å²) in [6.07, 6.45) is 2.04. The van der Waals surface area contributed by atoms with Crippen molar-refractivity contribution in [1.82, 2.24) is 14.9 Å². The predicted molar refractivity (Wildman–Crippen MR) is 87.5 cm³/mol. The first-order chi connectivity index (χ1) is 10.6. The van der Waals surface area contributed by atoms with Crippen LogP contribution in [-0.2, 0) is 17.8 Å². The molecule has 0 bridgehead atoms. The van der Waals surface area contributed by atoms with Gasteiger partial charge in [-0.25, -0.2) is 0 Å². The van der Waals surface area contributed by atoms with E-state index in [0.717, 1.165) is 16.9 Å². The molecule has 1 amide bonds. The number of para-hydroxylation sites is 1. The highest BCUT2D eigenvalue weighted by molar-refractivity contribution is 5.84. The summed E-state index contributed by atoms with van der Waals surface area (Å²) in [5.74, 6) is 0.0664. The van der Waals surface area contributed by atoms with Gasteiger partial charge in [0.25, 0.3) is 0 Å². The number of carbonyl (C=O) groups is 1. The monoisotopic (exact) mass is 293 g/mol. The zero-order chi connectivity index (χ0) is 15.5. The van der Waals surface area contributed by atoms with E-state index < -0.39 is 0 Å². The summed E-state index contributed by atoms with van der Waals surface area (Å²) in [6, 6.07) is 13.8. The number of amides is 1. The molecule has 112 valence electrons. The van der Waals surface area contributed by atoms with E-state index in [0.29, 0.717) is 13.0 Å². The lowest BCUT2D eigenvalue weighted by Gasteiger charge is -2.16.